The third-order valence-electron chi connectivity index (χ3n) is 3.98. The number of nitrogens with zero attached hydrogens (tertiary/aromatic N) is 2. The molecule has 3 aromatic rings. The van der Waals surface area contributed by atoms with Crippen LogP contribution in [0.2, 0.25) is 0 Å². The predicted molar refractivity (Wildman–Crippen MR) is 108 cm³/mol. The van der Waals surface area contributed by atoms with Crippen molar-refractivity contribution in [2.45, 2.75) is 12.1 Å². The zero-order valence-corrected chi connectivity index (χ0v) is 16.3. The van der Waals surface area contributed by atoms with Crippen LogP contribution in [0.25, 0.3) is 16.6 Å². The van der Waals surface area contributed by atoms with E-state index in [1.54, 1.807) is 18.2 Å². The number of fused-ring (bicyclic) bond motifs is 1. The van der Waals surface area contributed by atoms with Gasteiger partial charge < -0.3 is 10.1 Å². The van der Waals surface area contributed by atoms with E-state index in [1.165, 1.54) is 23.8 Å². The Morgan fingerprint density at radius 2 is 1.93 bits per heavy atom. The lowest BCUT2D eigenvalue weighted by atomic mass is 10.1. The minimum Gasteiger partial charge on any atom is -0.465 e. The van der Waals surface area contributed by atoms with Gasteiger partial charge in [0.25, 0.3) is 5.56 Å². The quantitative estimate of drug-likeness (QED) is 0.390. The van der Waals surface area contributed by atoms with Gasteiger partial charge in [-0.1, -0.05) is 30.0 Å². The molecular formula is C20H19N3O4S. The fraction of sp³-hybridized carbons (Fsp3) is 0.200. The van der Waals surface area contributed by atoms with Crippen LogP contribution < -0.4 is 10.9 Å². The van der Waals surface area contributed by atoms with Gasteiger partial charge in [-0.3, -0.25) is 14.2 Å². The van der Waals surface area contributed by atoms with Gasteiger partial charge in [-0.15, -0.1) is 0 Å². The van der Waals surface area contributed by atoms with Crippen LogP contribution in [0.15, 0.2) is 58.5 Å². The van der Waals surface area contributed by atoms with Crippen molar-refractivity contribution in [1.29, 1.82) is 0 Å². The van der Waals surface area contributed by atoms with Gasteiger partial charge in [0.1, 0.15) is 0 Å². The van der Waals surface area contributed by atoms with Crippen molar-refractivity contribution in [1.82, 2.24) is 14.9 Å². The standard InChI is InChI=1S/C20H19N3O4S/c1-3-21-17(24)12-28-20-22-16-11-13(19(26)27-2)9-10-15(16)18(25)23(20)14-7-5-4-6-8-14/h4-11H,3,12H2,1-2H3,(H,21,24). The largest absolute Gasteiger partial charge is 0.465 e. The Morgan fingerprint density at radius 1 is 1.18 bits per heavy atom. The van der Waals surface area contributed by atoms with E-state index in [-0.39, 0.29) is 17.2 Å². The molecule has 7 nitrogen and oxygen atoms in total. The number of thioether (sulfide) groups is 1. The molecule has 0 aliphatic rings. The highest BCUT2D eigenvalue weighted by atomic mass is 32.2. The maximum absolute atomic E-state index is 13.2. The van der Waals surface area contributed by atoms with Crippen molar-refractivity contribution in [2.24, 2.45) is 0 Å². The van der Waals surface area contributed by atoms with Gasteiger partial charge in [-0.05, 0) is 37.3 Å². The van der Waals surface area contributed by atoms with Crippen molar-refractivity contribution < 1.29 is 14.3 Å². The lowest BCUT2D eigenvalue weighted by Crippen LogP contribution is -2.26. The van der Waals surface area contributed by atoms with Gasteiger partial charge in [0, 0.05) is 6.54 Å². The number of rotatable bonds is 6. The van der Waals surface area contributed by atoms with Crippen LogP contribution in [0, 0.1) is 0 Å². The molecule has 1 heterocycles. The maximum Gasteiger partial charge on any atom is 0.337 e. The van der Waals surface area contributed by atoms with E-state index in [4.69, 9.17) is 4.74 Å². The van der Waals surface area contributed by atoms with Crippen LogP contribution in [0.3, 0.4) is 0 Å². The fourth-order valence-electron chi connectivity index (χ4n) is 2.69. The van der Waals surface area contributed by atoms with E-state index in [0.29, 0.717) is 33.9 Å². The molecule has 0 radical (unpaired) electrons. The Hall–Kier alpha value is -3.13. The highest BCUT2D eigenvalue weighted by Gasteiger charge is 2.16. The second-order valence-corrected chi connectivity index (χ2v) is 6.78. The first-order valence-corrected chi connectivity index (χ1v) is 9.63. The van der Waals surface area contributed by atoms with Gasteiger partial charge in [0.05, 0.1) is 35.0 Å². The number of carbonyl (C=O) groups excluding carboxylic acids is 2. The number of amides is 1. The van der Waals surface area contributed by atoms with Gasteiger partial charge >= 0.3 is 5.97 Å². The second-order valence-electron chi connectivity index (χ2n) is 5.84. The Labute approximate surface area is 165 Å². The van der Waals surface area contributed by atoms with E-state index < -0.39 is 5.97 Å². The van der Waals surface area contributed by atoms with E-state index in [1.807, 2.05) is 25.1 Å². The number of nitrogens with one attached hydrogen (secondary N) is 1. The predicted octanol–water partition coefficient (Wildman–Crippen LogP) is 2.40. The summed E-state index contributed by atoms with van der Waals surface area (Å²) in [6.07, 6.45) is 0. The number of ether oxygens (including phenoxy) is 1. The highest BCUT2D eigenvalue weighted by Crippen LogP contribution is 2.22. The lowest BCUT2D eigenvalue weighted by molar-refractivity contribution is -0.118. The van der Waals surface area contributed by atoms with Gasteiger partial charge in [0.15, 0.2) is 5.16 Å². The summed E-state index contributed by atoms with van der Waals surface area (Å²) in [6, 6.07) is 13.7. The normalized spacial score (nSPS) is 10.6. The highest BCUT2D eigenvalue weighted by molar-refractivity contribution is 7.99. The second kappa shape index (κ2) is 8.71. The molecule has 0 fully saturated rings. The van der Waals surface area contributed by atoms with Gasteiger partial charge in [-0.2, -0.15) is 0 Å². The summed E-state index contributed by atoms with van der Waals surface area (Å²) in [5.41, 5.74) is 1.06. The summed E-state index contributed by atoms with van der Waals surface area (Å²) in [4.78, 5) is 41.4. The topological polar surface area (TPSA) is 90.3 Å². The Balaban J connectivity index is 2.16. The molecule has 8 heteroatoms. The summed E-state index contributed by atoms with van der Waals surface area (Å²) in [5.74, 6) is -0.535. The average molecular weight is 397 g/mol. The Kier molecular flexibility index (Phi) is 6.10. The molecule has 3 rings (SSSR count). The third kappa shape index (κ3) is 4.07. The first kappa shape index (κ1) is 19.6. The number of para-hydroxylation sites is 1. The minimum atomic E-state index is -0.507. The summed E-state index contributed by atoms with van der Waals surface area (Å²) in [6.45, 7) is 2.36. The molecule has 0 aliphatic heterocycles. The van der Waals surface area contributed by atoms with Crippen molar-refractivity contribution in [3.8, 4) is 5.69 Å². The smallest absolute Gasteiger partial charge is 0.337 e. The molecule has 1 aromatic heterocycles. The molecule has 1 amide bonds. The van der Waals surface area contributed by atoms with Crippen LogP contribution in [-0.4, -0.2) is 40.8 Å². The SMILES string of the molecule is CCNC(=O)CSc1nc2cc(C(=O)OC)ccc2c(=O)n1-c1ccccc1. The van der Waals surface area contributed by atoms with Crippen LogP contribution >= 0.6 is 11.8 Å². The number of hydrogen-bond acceptors (Lipinski definition) is 6. The van der Waals surface area contributed by atoms with Gasteiger partial charge in [-0.25, -0.2) is 9.78 Å². The maximum atomic E-state index is 13.2. The molecule has 0 unspecified atom stereocenters. The Morgan fingerprint density at radius 3 is 2.61 bits per heavy atom. The van der Waals surface area contributed by atoms with E-state index in [0.717, 1.165) is 11.8 Å². The molecule has 0 saturated carbocycles. The van der Waals surface area contributed by atoms with Crippen molar-refractivity contribution in [2.75, 3.05) is 19.4 Å². The van der Waals surface area contributed by atoms with Crippen LogP contribution in [0.1, 0.15) is 17.3 Å². The summed E-state index contributed by atoms with van der Waals surface area (Å²) in [5, 5.41) is 3.47. The lowest BCUT2D eigenvalue weighted by Gasteiger charge is -2.13. The van der Waals surface area contributed by atoms with Crippen LogP contribution in [0.4, 0.5) is 0 Å². The average Bonchev–Trinajstić information content (AvgIpc) is 2.72. The molecule has 28 heavy (non-hydrogen) atoms. The zero-order chi connectivity index (χ0) is 20.1. The first-order chi connectivity index (χ1) is 13.5. The van der Waals surface area contributed by atoms with Crippen LogP contribution in [0.5, 0.6) is 0 Å². The number of carbonyl (C=O) groups is 2. The van der Waals surface area contributed by atoms with E-state index >= 15 is 0 Å². The molecule has 1 N–H and O–H groups in total. The van der Waals surface area contributed by atoms with E-state index in [9.17, 15) is 14.4 Å². The summed E-state index contributed by atoms with van der Waals surface area (Å²) >= 11 is 1.16. The minimum absolute atomic E-state index is 0.120. The first-order valence-electron chi connectivity index (χ1n) is 8.65. The number of benzene rings is 2. The number of hydrogen-bond donors (Lipinski definition) is 1. The molecule has 0 spiro atoms. The van der Waals surface area contributed by atoms with E-state index in [2.05, 4.69) is 10.3 Å². The number of methoxy groups -OCH3 is 1. The molecule has 144 valence electrons. The number of aromatic nitrogens is 2. The Bertz CT molecular complexity index is 1080. The molecular weight excluding hydrogens is 378 g/mol. The third-order valence-corrected chi connectivity index (χ3v) is 4.92. The molecule has 0 aliphatic carbocycles. The monoisotopic (exact) mass is 397 g/mol. The molecule has 0 bridgehead atoms. The number of esters is 1. The van der Waals surface area contributed by atoms with Crippen molar-refractivity contribution >= 4 is 34.5 Å². The summed E-state index contributed by atoms with van der Waals surface area (Å²) < 4.78 is 6.21. The van der Waals surface area contributed by atoms with Crippen LogP contribution in [-0.2, 0) is 9.53 Å². The van der Waals surface area contributed by atoms with Crippen molar-refractivity contribution in [3.63, 3.8) is 0 Å². The van der Waals surface area contributed by atoms with Gasteiger partial charge in [0.2, 0.25) is 5.91 Å². The summed E-state index contributed by atoms with van der Waals surface area (Å²) in [7, 11) is 1.29. The molecule has 2 aromatic carbocycles. The zero-order valence-electron chi connectivity index (χ0n) is 15.5. The fourth-order valence-corrected chi connectivity index (χ4v) is 3.53. The van der Waals surface area contributed by atoms with Crippen molar-refractivity contribution in [3.05, 3.63) is 64.4 Å². The molecule has 0 atom stereocenters. The molecule has 0 saturated heterocycles.